The zero-order chi connectivity index (χ0) is 31.2. The first-order chi connectivity index (χ1) is 20.9. The third-order valence-corrected chi connectivity index (χ3v) is 8.86. The Morgan fingerprint density at radius 3 is 2.59 bits per heavy atom. The first-order valence-corrected chi connectivity index (χ1v) is 15.0. The summed E-state index contributed by atoms with van der Waals surface area (Å²) in [6.07, 6.45) is 6.41. The van der Waals surface area contributed by atoms with E-state index in [1.807, 2.05) is 79.9 Å². The third-order valence-electron chi connectivity index (χ3n) is 8.86. The minimum atomic E-state index is -0.547. The average Bonchev–Trinajstić information content (AvgIpc) is 3.56. The number of urea groups is 1. The molecule has 3 amide bonds. The molecule has 0 unspecified atom stereocenters. The zero-order valence-corrected chi connectivity index (χ0v) is 25.8. The molecule has 0 spiro atoms. The molecule has 3 heterocycles. The van der Waals surface area contributed by atoms with Crippen molar-refractivity contribution in [2.45, 2.75) is 64.0 Å². The van der Waals surface area contributed by atoms with Crippen molar-refractivity contribution in [3.05, 3.63) is 94.9 Å². The van der Waals surface area contributed by atoms with Crippen LogP contribution in [0.3, 0.4) is 0 Å². The summed E-state index contributed by atoms with van der Waals surface area (Å²) in [4.78, 5) is 27.5. The van der Waals surface area contributed by atoms with Crippen molar-refractivity contribution in [3.63, 3.8) is 0 Å². The number of carbonyl (C=O) groups is 2. The van der Waals surface area contributed by atoms with Crippen LogP contribution in [0.5, 0.6) is 5.75 Å². The molecule has 44 heavy (non-hydrogen) atoms. The van der Waals surface area contributed by atoms with Gasteiger partial charge in [0.25, 0.3) is 0 Å². The summed E-state index contributed by atoms with van der Waals surface area (Å²) in [5.41, 5.74) is 10.2. The molecule has 0 radical (unpaired) electrons. The van der Waals surface area contributed by atoms with Crippen LogP contribution in [0.4, 0.5) is 10.5 Å². The average molecular weight is 594 g/mol. The number of primary amides is 1. The molecule has 2 aromatic heterocycles. The Hall–Kier alpha value is -4.70. The van der Waals surface area contributed by atoms with Crippen LogP contribution in [0.2, 0.25) is 0 Å². The van der Waals surface area contributed by atoms with Crippen molar-refractivity contribution in [2.75, 3.05) is 18.9 Å². The smallest absolute Gasteiger partial charge is 0.323 e. The maximum Gasteiger partial charge on any atom is 0.323 e. The lowest BCUT2D eigenvalue weighted by Gasteiger charge is -2.30. The van der Waals surface area contributed by atoms with Crippen molar-refractivity contribution in [1.29, 1.82) is 0 Å². The van der Waals surface area contributed by atoms with E-state index in [1.165, 1.54) is 0 Å². The number of hydrogen-bond acceptors (Lipinski definition) is 6. The number of ether oxygens (including phenoxy) is 1. The van der Waals surface area contributed by atoms with Gasteiger partial charge in [0.1, 0.15) is 11.9 Å². The molecule has 1 aliphatic carbocycles. The van der Waals surface area contributed by atoms with Crippen molar-refractivity contribution in [2.24, 2.45) is 5.73 Å². The number of nitrogens with zero attached hydrogens (tertiary/aromatic N) is 4. The standard InChI is InChI=1S/C34H39N7O3/c1-33(2,3)22-17-21(30(35)42)18-23(19-22)36-32(43)37-27-12-13-28(26-10-7-6-9-25(26)27)44-24-11-14-29-38-39-31(41(29)20-24)34(4)15-8-16-40(34)5/h6-7,9-12,14,17-20,28H,8,13,15-16H2,1-5H3,(H2,35,42)(H2,36,37,43)/t28-,34+/m1/s1. The Balaban J connectivity index is 1.21. The largest absolute Gasteiger partial charge is 0.484 e. The maximum atomic E-state index is 13.2. The van der Waals surface area contributed by atoms with Gasteiger partial charge in [-0.1, -0.05) is 51.1 Å². The number of nitrogens with two attached hydrogens (primary N) is 1. The minimum absolute atomic E-state index is 0.186. The quantitative estimate of drug-likeness (QED) is 0.261. The van der Waals surface area contributed by atoms with E-state index in [9.17, 15) is 9.59 Å². The fraction of sp³-hybridized carbons (Fsp3) is 0.353. The van der Waals surface area contributed by atoms with Crippen LogP contribution in [0.25, 0.3) is 11.3 Å². The summed E-state index contributed by atoms with van der Waals surface area (Å²) in [7, 11) is 2.13. The number of likely N-dealkylation sites (tertiary alicyclic amines) is 1. The number of fused-ring (bicyclic) bond motifs is 2. The van der Waals surface area contributed by atoms with E-state index in [-0.39, 0.29) is 17.1 Å². The normalized spacial score (nSPS) is 20.2. The predicted octanol–water partition coefficient (Wildman–Crippen LogP) is 5.75. The van der Waals surface area contributed by atoms with Gasteiger partial charge in [-0.3, -0.25) is 14.1 Å². The molecule has 2 atom stereocenters. The van der Waals surface area contributed by atoms with Gasteiger partial charge in [0, 0.05) is 34.5 Å². The van der Waals surface area contributed by atoms with Crippen molar-refractivity contribution >= 4 is 29.0 Å². The number of amides is 3. The fourth-order valence-corrected chi connectivity index (χ4v) is 6.13. The highest BCUT2D eigenvalue weighted by Crippen LogP contribution is 2.38. The Morgan fingerprint density at radius 1 is 1.07 bits per heavy atom. The van der Waals surface area contributed by atoms with Gasteiger partial charge >= 0.3 is 6.03 Å². The molecule has 1 saturated heterocycles. The number of aromatic nitrogens is 3. The SMILES string of the molecule is CN1CCC[C@@]1(C)c1nnc2ccc(O[C@@H]3CC=C(NC(=O)Nc4cc(C(N)=O)cc(C(C)(C)C)c4)c4ccccc43)cn12. The molecule has 10 nitrogen and oxygen atoms in total. The lowest BCUT2D eigenvalue weighted by atomic mass is 9.85. The van der Waals surface area contributed by atoms with Crippen molar-refractivity contribution < 1.29 is 14.3 Å². The van der Waals surface area contributed by atoms with Gasteiger partial charge in [0.05, 0.1) is 11.7 Å². The molecule has 1 fully saturated rings. The minimum Gasteiger partial charge on any atom is -0.484 e. The highest BCUT2D eigenvalue weighted by atomic mass is 16.5. The molecule has 1 aliphatic heterocycles. The number of hydrogen-bond donors (Lipinski definition) is 3. The molecule has 228 valence electrons. The highest BCUT2D eigenvalue weighted by molar-refractivity contribution is 5.98. The van der Waals surface area contributed by atoms with E-state index in [0.29, 0.717) is 29.1 Å². The number of benzene rings is 2. The maximum absolute atomic E-state index is 13.2. The second-order valence-electron chi connectivity index (χ2n) is 13.0. The third kappa shape index (κ3) is 5.53. The molecule has 0 saturated carbocycles. The highest BCUT2D eigenvalue weighted by Gasteiger charge is 2.39. The van der Waals surface area contributed by atoms with Crippen LogP contribution in [0.15, 0.2) is 66.9 Å². The van der Waals surface area contributed by atoms with Crippen LogP contribution in [0.1, 0.15) is 85.9 Å². The first kappa shape index (κ1) is 29.4. The lowest BCUT2D eigenvalue weighted by molar-refractivity contribution is 0.1000. The van der Waals surface area contributed by atoms with Crippen LogP contribution >= 0.6 is 0 Å². The zero-order valence-electron chi connectivity index (χ0n) is 25.8. The summed E-state index contributed by atoms with van der Waals surface area (Å²) in [5.74, 6) is 1.08. The van der Waals surface area contributed by atoms with E-state index in [4.69, 9.17) is 10.5 Å². The monoisotopic (exact) mass is 593 g/mol. The van der Waals surface area contributed by atoms with Crippen LogP contribution < -0.4 is 21.1 Å². The number of pyridine rings is 1. The van der Waals surface area contributed by atoms with Gasteiger partial charge in [-0.15, -0.1) is 10.2 Å². The van der Waals surface area contributed by atoms with Gasteiger partial charge < -0.3 is 21.1 Å². The summed E-state index contributed by atoms with van der Waals surface area (Å²) in [6, 6.07) is 16.6. The van der Waals surface area contributed by atoms with Gasteiger partial charge in [-0.05, 0) is 74.7 Å². The predicted molar refractivity (Wildman–Crippen MR) is 170 cm³/mol. The van der Waals surface area contributed by atoms with E-state index in [1.54, 1.807) is 12.1 Å². The van der Waals surface area contributed by atoms with E-state index in [0.717, 1.165) is 47.5 Å². The number of anilines is 1. The van der Waals surface area contributed by atoms with E-state index in [2.05, 4.69) is 39.7 Å². The Labute approximate surface area is 257 Å². The van der Waals surface area contributed by atoms with E-state index >= 15 is 0 Å². The van der Waals surface area contributed by atoms with Gasteiger partial charge in [-0.2, -0.15) is 0 Å². The van der Waals surface area contributed by atoms with Crippen LogP contribution in [0, 0.1) is 0 Å². The van der Waals surface area contributed by atoms with Crippen molar-refractivity contribution in [3.8, 4) is 5.75 Å². The lowest BCUT2D eigenvalue weighted by Crippen LogP contribution is -2.37. The number of rotatable bonds is 6. The Kier molecular flexibility index (Phi) is 7.41. The number of nitrogens with one attached hydrogen (secondary N) is 2. The summed E-state index contributed by atoms with van der Waals surface area (Å²) in [6.45, 7) is 9.36. The van der Waals surface area contributed by atoms with Gasteiger partial charge in [-0.25, -0.2) is 4.79 Å². The van der Waals surface area contributed by atoms with Crippen LogP contribution in [-0.4, -0.2) is 45.0 Å². The fourth-order valence-electron chi connectivity index (χ4n) is 6.13. The molecule has 2 aliphatic rings. The molecule has 4 aromatic rings. The molecule has 0 bridgehead atoms. The molecule has 4 N–H and O–H groups in total. The summed E-state index contributed by atoms with van der Waals surface area (Å²) in [5, 5.41) is 14.9. The second-order valence-corrected chi connectivity index (χ2v) is 13.0. The topological polar surface area (TPSA) is 127 Å². The van der Waals surface area contributed by atoms with E-state index < -0.39 is 11.9 Å². The van der Waals surface area contributed by atoms with Crippen LogP contribution in [-0.2, 0) is 11.0 Å². The Morgan fingerprint density at radius 2 is 1.86 bits per heavy atom. The second kappa shape index (κ2) is 11.1. The summed E-state index contributed by atoms with van der Waals surface area (Å²) < 4.78 is 8.60. The van der Waals surface area contributed by atoms with Gasteiger partial charge in [0.15, 0.2) is 11.5 Å². The number of carbonyl (C=O) groups excluding carboxylic acids is 2. The molecule has 2 aromatic carbocycles. The van der Waals surface area contributed by atoms with Crippen molar-refractivity contribution in [1.82, 2.24) is 24.8 Å². The first-order valence-electron chi connectivity index (χ1n) is 15.0. The van der Waals surface area contributed by atoms with Gasteiger partial charge in [0.2, 0.25) is 5.91 Å². The Bertz CT molecular complexity index is 1790. The summed E-state index contributed by atoms with van der Waals surface area (Å²) >= 11 is 0. The molecular formula is C34H39N7O3. The molecule has 10 heteroatoms. The molecular weight excluding hydrogens is 554 g/mol. The molecule has 6 rings (SSSR count).